The molecule has 1 heterocycles. The number of hydrogen-bond donors (Lipinski definition) is 1. The van der Waals surface area contributed by atoms with Crippen molar-refractivity contribution >= 4 is 11.6 Å². The molecule has 4 rings (SSSR count). The third-order valence-electron chi connectivity index (χ3n) is 6.56. The molecule has 1 aromatic rings. The van der Waals surface area contributed by atoms with Gasteiger partial charge in [-0.25, -0.2) is 0 Å². The van der Waals surface area contributed by atoms with E-state index in [0.29, 0.717) is 24.2 Å². The first-order valence-electron chi connectivity index (χ1n) is 10.9. The van der Waals surface area contributed by atoms with Gasteiger partial charge in [0.25, 0.3) is 0 Å². The Labute approximate surface area is 168 Å². The Morgan fingerprint density at radius 1 is 1.07 bits per heavy atom. The van der Waals surface area contributed by atoms with Gasteiger partial charge in [-0.05, 0) is 55.7 Å². The molecule has 0 amide bonds. The molecule has 2 aliphatic carbocycles. The summed E-state index contributed by atoms with van der Waals surface area (Å²) in [6.07, 6.45) is 9.76. The van der Waals surface area contributed by atoms with E-state index in [-0.39, 0.29) is 5.92 Å². The number of hydrogen-bond acceptors (Lipinski definition) is 3. The Hall–Kier alpha value is -2.10. The predicted octanol–water partition coefficient (Wildman–Crippen LogP) is 4.83. The van der Waals surface area contributed by atoms with Crippen molar-refractivity contribution in [3.63, 3.8) is 0 Å². The molecule has 0 spiro atoms. The number of carbonyl (C=O) groups is 1. The maximum atomic E-state index is 13.0. The van der Waals surface area contributed by atoms with Crippen LogP contribution in [0.1, 0.15) is 63.9 Å². The van der Waals surface area contributed by atoms with E-state index in [1.54, 1.807) is 7.11 Å². The summed E-state index contributed by atoms with van der Waals surface area (Å²) in [7, 11) is 1.69. The summed E-state index contributed by atoms with van der Waals surface area (Å²) in [6.45, 7) is 2.24. The van der Waals surface area contributed by atoms with Crippen molar-refractivity contribution in [1.29, 1.82) is 0 Å². The molecule has 4 nitrogen and oxygen atoms in total. The van der Waals surface area contributed by atoms with Crippen LogP contribution >= 0.6 is 0 Å². The minimum atomic E-state index is 0.0679. The molecule has 1 fully saturated rings. The van der Waals surface area contributed by atoms with Crippen LogP contribution < -0.4 is 10.1 Å². The number of methoxy groups -OCH3 is 1. The minimum absolute atomic E-state index is 0.0679. The molecule has 1 N–H and O–H groups in total. The highest BCUT2D eigenvalue weighted by Crippen LogP contribution is 2.37. The van der Waals surface area contributed by atoms with Crippen LogP contribution in [0.3, 0.4) is 0 Å². The molecule has 2 atom stereocenters. The molecule has 0 bridgehead atoms. The van der Waals surface area contributed by atoms with Crippen molar-refractivity contribution in [3.8, 4) is 5.75 Å². The molecule has 1 saturated carbocycles. The third kappa shape index (κ3) is 4.01. The zero-order chi connectivity index (χ0) is 19.5. The number of nitrogens with one attached hydrogen (secondary N) is 1. The lowest BCUT2D eigenvalue weighted by molar-refractivity contribution is -0.115. The Morgan fingerprint density at radius 3 is 2.54 bits per heavy atom. The van der Waals surface area contributed by atoms with Crippen molar-refractivity contribution in [3.05, 3.63) is 41.1 Å². The van der Waals surface area contributed by atoms with Gasteiger partial charge in [-0.2, -0.15) is 0 Å². The zero-order valence-electron chi connectivity index (χ0n) is 17.2. The van der Waals surface area contributed by atoms with Gasteiger partial charge in [-0.15, -0.1) is 0 Å². The molecule has 1 aliphatic heterocycles. The fourth-order valence-electron chi connectivity index (χ4n) is 4.92. The molecule has 2 unspecified atom stereocenters. The molecule has 0 saturated heterocycles. The van der Waals surface area contributed by atoms with E-state index in [4.69, 9.17) is 9.73 Å². The lowest BCUT2D eigenvalue weighted by Crippen LogP contribution is -2.29. The molecular formula is C24H32N2O2. The molecule has 28 heavy (non-hydrogen) atoms. The third-order valence-corrected chi connectivity index (χ3v) is 6.56. The summed E-state index contributed by atoms with van der Waals surface area (Å²) < 4.78 is 5.29. The van der Waals surface area contributed by atoms with E-state index in [2.05, 4.69) is 24.4 Å². The summed E-state index contributed by atoms with van der Waals surface area (Å²) >= 11 is 0. The zero-order valence-corrected chi connectivity index (χ0v) is 17.2. The fourth-order valence-corrected chi connectivity index (χ4v) is 4.92. The van der Waals surface area contributed by atoms with Crippen LogP contribution in [-0.4, -0.2) is 24.8 Å². The standard InChI is InChI=1S/C24H32N2O2/c1-16-7-6-10-21(27)22-20(15-17-11-13-19(28-2)14-12-17)24(26-23(16)22)25-18-8-4-3-5-9-18/h11-14,16,18,20H,3-10,15H2,1-2H3,(H,25,26). The lowest BCUT2D eigenvalue weighted by atomic mass is 9.88. The highest BCUT2D eigenvalue weighted by molar-refractivity contribution is 6.07. The van der Waals surface area contributed by atoms with Crippen LogP contribution in [0.15, 0.2) is 40.5 Å². The van der Waals surface area contributed by atoms with Gasteiger partial charge in [0.15, 0.2) is 5.78 Å². The van der Waals surface area contributed by atoms with Crippen LogP contribution in [0.25, 0.3) is 0 Å². The average molecular weight is 381 g/mol. The normalized spacial score (nSPS) is 27.5. The van der Waals surface area contributed by atoms with Crippen molar-refractivity contribution in [2.45, 2.75) is 70.8 Å². The molecule has 150 valence electrons. The molecule has 0 radical (unpaired) electrons. The SMILES string of the molecule is COc1ccc(CC2C(=NC3CCCCC3)NC3=C2C(=O)CCCC3C)cc1. The van der Waals surface area contributed by atoms with Gasteiger partial charge >= 0.3 is 0 Å². The van der Waals surface area contributed by atoms with Gasteiger partial charge in [0.1, 0.15) is 11.6 Å². The number of amidine groups is 1. The monoisotopic (exact) mass is 380 g/mol. The van der Waals surface area contributed by atoms with Gasteiger partial charge in [-0.3, -0.25) is 9.79 Å². The Bertz CT molecular complexity index is 772. The average Bonchev–Trinajstić information content (AvgIpc) is 3.00. The van der Waals surface area contributed by atoms with Crippen molar-refractivity contribution in [1.82, 2.24) is 5.32 Å². The smallest absolute Gasteiger partial charge is 0.161 e. The van der Waals surface area contributed by atoms with E-state index in [9.17, 15) is 4.79 Å². The summed E-state index contributed by atoms with van der Waals surface area (Å²) in [6, 6.07) is 8.63. The Kier molecular flexibility index (Phi) is 5.84. The minimum Gasteiger partial charge on any atom is -0.497 e. The van der Waals surface area contributed by atoms with Crippen molar-refractivity contribution in [2.24, 2.45) is 16.8 Å². The van der Waals surface area contributed by atoms with E-state index in [0.717, 1.165) is 42.1 Å². The van der Waals surface area contributed by atoms with Gasteiger partial charge in [0.05, 0.1) is 19.1 Å². The van der Waals surface area contributed by atoms with Crippen LogP contribution in [-0.2, 0) is 11.2 Å². The number of benzene rings is 1. The number of aliphatic imine (C=N–C) groups is 1. The lowest BCUT2D eigenvalue weighted by Gasteiger charge is -2.21. The van der Waals surface area contributed by atoms with Crippen LogP contribution in [0.2, 0.25) is 0 Å². The summed E-state index contributed by atoms with van der Waals surface area (Å²) in [5, 5.41) is 3.64. The van der Waals surface area contributed by atoms with Crippen LogP contribution in [0, 0.1) is 11.8 Å². The van der Waals surface area contributed by atoms with Crippen LogP contribution in [0.4, 0.5) is 0 Å². The van der Waals surface area contributed by atoms with Gasteiger partial charge < -0.3 is 10.1 Å². The highest BCUT2D eigenvalue weighted by Gasteiger charge is 2.38. The molecule has 4 heteroatoms. The first kappa shape index (κ1) is 19.2. The second-order valence-corrected chi connectivity index (χ2v) is 8.58. The number of Topliss-reactive ketones (excluding diaryl/α,β-unsaturated/α-hetero) is 1. The molecule has 1 aromatic carbocycles. The van der Waals surface area contributed by atoms with Gasteiger partial charge in [-0.1, -0.05) is 38.3 Å². The second-order valence-electron chi connectivity index (χ2n) is 8.58. The molecule has 3 aliphatic rings. The van der Waals surface area contributed by atoms with E-state index < -0.39 is 0 Å². The summed E-state index contributed by atoms with van der Waals surface area (Å²) in [5.41, 5.74) is 3.38. The molecular weight excluding hydrogens is 348 g/mol. The van der Waals surface area contributed by atoms with Gasteiger partial charge in [0.2, 0.25) is 0 Å². The number of allylic oxidation sites excluding steroid dienone is 1. The number of ether oxygens (including phenoxy) is 1. The van der Waals surface area contributed by atoms with Crippen LogP contribution in [0.5, 0.6) is 5.75 Å². The first-order valence-corrected chi connectivity index (χ1v) is 10.9. The number of nitrogens with zero attached hydrogens (tertiary/aromatic N) is 1. The second kappa shape index (κ2) is 8.50. The summed E-state index contributed by atoms with van der Waals surface area (Å²) in [4.78, 5) is 18.2. The maximum Gasteiger partial charge on any atom is 0.161 e. The molecule has 0 aromatic heterocycles. The van der Waals surface area contributed by atoms with E-state index in [1.165, 1.54) is 37.7 Å². The largest absolute Gasteiger partial charge is 0.497 e. The van der Waals surface area contributed by atoms with E-state index in [1.807, 2.05) is 12.1 Å². The number of carbonyl (C=O) groups excluding carboxylic acids is 1. The summed E-state index contributed by atoms with van der Waals surface area (Å²) in [5.74, 6) is 2.69. The predicted molar refractivity (Wildman–Crippen MR) is 113 cm³/mol. The Balaban J connectivity index is 1.66. The topological polar surface area (TPSA) is 50.7 Å². The van der Waals surface area contributed by atoms with Crippen molar-refractivity contribution in [2.75, 3.05) is 7.11 Å². The first-order chi connectivity index (χ1) is 13.7. The number of rotatable bonds is 4. The quantitative estimate of drug-likeness (QED) is 0.814. The van der Waals surface area contributed by atoms with E-state index >= 15 is 0 Å². The van der Waals surface area contributed by atoms with Gasteiger partial charge in [0, 0.05) is 17.7 Å². The highest BCUT2D eigenvalue weighted by atomic mass is 16.5. The Morgan fingerprint density at radius 2 is 1.82 bits per heavy atom. The maximum absolute atomic E-state index is 13.0. The van der Waals surface area contributed by atoms with Crippen molar-refractivity contribution < 1.29 is 9.53 Å². The fraction of sp³-hybridized carbons (Fsp3) is 0.583. The number of ketones is 1.